The van der Waals surface area contributed by atoms with Crippen molar-refractivity contribution in [1.29, 1.82) is 0 Å². The molecule has 4 heterocycles. The lowest BCUT2D eigenvalue weighted by Gasteiger charge is -2.23. The second-order valence-electron chi connectivity index (χ2n) is 12.6. The number of imidazole rings is 1. The fourth-order valence-corrected chi connectivity index (χ4v) is 6.73. The van der Waals surface area contributed by atoms with Crippen molar-refractivity contribution in [2.45, 2.75) is 50.7 Å². The molecule has 0 unspecified atom stereocenters. The van der Waals surface area contributed by atoms with Crippen LogP contribution in [0.25, 0.3) is 16.8 Å². The summed E-state index contributed by atoms with van der Waals surface area (Å²) >= 11 is 1.11. The Kier molecular flexibility index (Phi) is 13.1. The van der Waals surface area contributed by atoms with Gasteiger partial charge in [0, 0.05) is 54.5 Å². The minimum absolute atomic E-state index is 0.0503. The third-order valence-corrected chi connectivity index (χ3v) is 9.71. The molecule has 1 saturated heterocycles. The number of anilines is 2. The number of hydrogen-bond acceptors (Lipinski definition) is 12. The quantitative estimate of drug-likeness (QED) is 0.0801. The van der Waals surface area contributed by atoms with Crippen LogP contribution in [-0.4, -0.2) is 101 Å². The Balaban J connectivity index is 1.31. The standard InChI is InChI=1S/C36H40N10O8S/c1-20(55-19-24(35(52)41-18-29(49)50)42-27(47)12-11-23(37)36(53)54)17-28(48)45-15-4-5-25(45)33-44-30(31-32(38)40-14-16-46(31)33)21-7-9-22(10-8-21)34(51)43-26-6-2-3-13-39-26/h2-3,6-10,13-14,16-17,23-25H,4-5,11-12,15,18-19,37H2,1H3,(H2,38,40)(H,41,52)(H,42,47)(H,49,50)(H,53,54)(H,39,43,51)/b20-17+/t23-,24-,25-/m0/s1. The van der Waals surface area contributed by atoms with E-state index in [1.807, 2.05) is 4.40 Å². The lowest BCUT2D eigenvalue weighted by Crippen LogP contribution is -2.49. The number of pyridine rings is 1. The van der Waals surface area contributed by atoms with Crippen LogP contribution in [0.1, 0.15) is 54.8 Å². The molecule has 0 saturated carbocycles. The number of carboxylic acids is 2. The Labute approximate surface area is 318 Å². The van der Waals surface area contributed by atoms with Crippen molar-refractivity contribution >= 4 is 64.5 Å². The van der Waals surface area contributed by atoms with Crippen molar-refractivity contribution in [2.75, 3.05) is 29.9 Å². The summed E-state index contributed by atoms with van der Waals surface area (Å²) in [5.41, 5.74) is 14.0. The molecule has 0 bridgehead atoms. The number of allylic oxidation sites excluding steroid dienone is 1. The van der Waals surface area contributed by atoms with Gasteiger partial charge < -0.3 is 42.5 Å². The monoisotopic (exact) mass is 772 g/mol. The minimum atomic E-state index is -1.28. The molecular weight excluding hydrogens is 733 g/mol. The first-order valence-corrected chi connectivity index (χ1v) is 18.1. The van der Waals surface area contributed by atoms with E-state index in [1.165, 1.54) is 6.08 Å². The maximum absolute atomic E-state index is 13.7. The van der Waals surface area contributed by atoms with Crippen molar-refractivity contribution in [3.63, 3.8) is 0 Å². The molecule has 1 fully saturated rings. The van der Waals surface area contributed by atoms with Crippen LogP contribution in [0.2, 0.25) is 0 Å². The van der Waals surface area contributed by atoms with Crippen LogP contribution in [-0.2, 0) is 24.0 Å². The van der Waals surface area contributed by atoms with Gasteiger partial charge >= 0.3 is 11.9 Å². The van der Waals surface area contributed by atoms with Gasteiger partial charge in [0.15, 0.2) is 0 Å². The van der Waals surface area contributed by atoms with E-state index >= 15 is 0 Å². The van der Waals surface area contributed by atoms with E-state index in [0.717, 1.165) is 11.8 Å². The molecule has 288 valence electrons. The summed E-state index contributed by atoms with van der Waals surface area (Å²) < 4.78 is 1.81. The number of aliphatic carboxylic acids is 2. The number of amides is 4. The number of thioether (sulfide) groups is 1. The smallest absolute Gasteiger partial charge is 0.322 e. The Bertz CT molecular complexity index is 2110. The highest BCUT2D eigenvalue weighted by molar-refractivity contribution is 8.03. The van der Waals surface area contributed by atoms with E-state index in [0.29, 0.717) is 58.3 Å². The number of nitrogens with two attached hydrogens (primary N) is 2. The van der Waals surface area contributed by atoms with Crippen molar-refractivity contribution in [1.82, 2.24) is 34.9 Å². The highest BCUT2D eigenvalue weighted by Crippen LogP contribution is 2.37. The largest absolute Gasteiger partial charge is 0.480 e. The van der Waals surface area contributed by atoms with Crippen LogP contribution in [0.5, 0.6) is 0 Å². The van der Waals surface area contributed by atoms with E-state index in [1.54, 1.807) is 72.9 Å². The Morgan fingerprint density at radius 3 is 2.51 bits per heavy atom. The zero-order chi connectivity index (χ0) is 39.6. The van der Waals surface area contributed by atoms with E-state index in [9.17, 15) is 28.8 Å². The number of nitrogens with one attached hydrogen (secondary N) is 3. The van der Waals surface area contributed by atoms with Gasteiger partial charge in [0.25, 0.3) is 5.91 Å². The van der Waals surface area contributed by atoms with E-state index in [4.69, 9.17) is 26.7 Å². The molecule has 1 aliphatic heterocycles. The fourth-order valence-electron chi connectivity index (χ4n) is 5.89. The number of rotatable bonds is 16. The molecule has 1 aromatic carbocycles. The highest BCUT2D eigenvalue weighted by atomic mass is 32.2. The van der Waals surface area contributed by atoms with Crippen LogP contribution in [0, 0.1) is 0 Å². The van der Waals surface area contributed by atoms with Gasteiger partial charge in [-0.1, -0.05) is 18.2 Å². The van der Waals surface area contributed by atoms with Gasteiger partial charge in [0.05, 0.1) is 6.04 Å². The first-order chi connectivity index (χ1) is 26.3. The van der Waals surface area contributed by atoms with Gasteiger partial charge in [-0.15, -0.1) is 11.8 Å². The predicted octanol–water partition coefficient (Wildman–Crippen LogP) is 1.80. The van der Waals surface area contributed by atoms with Gasteiger partial charge in [-0.2, -0.15) is 0 Å². The molecule has 4 aromatic rings. The lowest BCUT2D eigenvalue weighted by molar-refractivity contribution is -0.139. The third kappa shape index (κ3) is 10.2. The van der Waals surface area contributed by atoms with Gasteiger partial charge in [-0.3, -0.25) is 33.2 Å². The fraction of sp³-hybridized carbons (Fsp3) is 0.306. The number of nitrogens with zero attached hydrogens (tertiary/aromatic N) is 5. The van der Waals surface area contributed by atoms with Crippen LogP contribution in [0.4, 0.5) is 11.6 Å². The first kappa shape index (κ1) is 39.9. The van der Waals surface area contributed by atoms with Gasteiger partial charge in [0.1, 0.15) is 47.3 Å². The van der Waals surface area contributed by atoms with E-state index in [-0.39, 0.29) is 36.2 Å². The maximum Gasteiger partial charge on any atom is 0.322 e. The van der Waals surface area contributed by atoms with Crippen LogP contribution in [0.3, 0.4) is 0 Å². The summed E-state index contributed by atoms with van der Waals surface area (Å²) in [5.74, 6) is -3.43. The van der Waals surface area contributed by atoms with Crippen LogP contribution >= 0.6 is 11.8 Å². The molecule has 19 heteroatoms. The average Bonchev–Trinajstić information content (AvgIpc) is 3.81. The number of benzene rings is 1. The highest BCUT2D eigenvalue weighted by Gasteiger charge is 2.34. The van der Waals surface area contributed by atoms with Gasteiger partial charge in [0.2, 0.25) is 17.7 Å². The number of likely N-dealkylation sites (tertiary alicyclic amines) is 1. The summed E-state index contributed by atoms with van der Waals surface area (Å²) in [4.78, 5) is 89.5. The Morgan fingerprint density at radius 2 is 1.82 bits per heavy atom. The summed E-state index contributed by atoms with van der Waals surface area (Å²) in [6.07, 6.45) is 7.15. The summed E-state index contributed by atoms with van der Waals surface area (Å²) in [6.45, 7) is 1.44. The van der Waals surface area contributed by atoms with Crippen molar-refractivity contribution in [3.8, 4) is 11.3 Å². The van der Waals surface area contributed by atoms with E-state index in [2.05, 4.69) is 25.9 Å². The molecule has 55 heavy (non-hydrogen) atoms. The first-order valence-electron chi connectivity index (χ1n) is 17.2. The average molecular weight is 773 g/mol. The molecule has 0 aliphatic carbocycles. The Morgan fingerprint density at radius 1 is 1.05 bits per heavy atom. The molecule has 9 N–H and O–H groups in total. The SMILES string of the molecule is C/C(=C\C(=O)N1CCC[C@H]1c1nc(-c2ccc(C(=O)Nc3ccccn3)cc2)c2c(N)nccn12)SC[C@H](NC(=O)CC[C@H](N)C(=O)O)C(=O)NCC(=O)O. The zero-order valence-electron chi connectivity index (χ0n) is 29.7. The van der Waals surface area contributed by atoms with Crippen molar-refractivity contribution in [3.05, 3.63) is 83.4 Å². The molecule has 1 aliphatic rings. The number of fused-ring (bicyclic) bond motifs is 1. The van der Waals surface area contributed by atoms with Gasteiger partial charge in [-0.05, 0) is 55.4 Å². The maximum atomic E-state index is 13.7. The van der Waals surface area contributed by atoms with Gasteiger partial charge in [-0.25, -0.2) is 15.0 Å². The van der Waals surface area contributed by atoms with Crippen molar-refractivity contribution < 1.29 is 39.0 Å². The third-order valence-electron chi connectivity index (χ3n) is 8.64. The number of carbonyl (C=O) groups is 6. The number of hydrogen-bond donors (Lipinski definition) is 7. The molecule has 0 spiro atoms. The molecule has 0 radical (unpaired) electrons. The minimum Gasteiger partial charge on any atom is -0.480 e. The molecule has 5 rings (SSSR count). The molecule has 3 aromatic heterocycles. The number of aromatic nitrogens is 4. The Hall–Kier alpha value is -6.34. The van der Waals surface area contributed by atoms with E-state index < -0.39 is 48.4 Å². The number of nitrogen functional groups attached to an aromatic ring is 1. The molecular formula is C36H40N10O8S. The van der Waals surface area contributed by atoms with Crippen molar-refractivity contribution in [2.24, 2.45) is 5.73 Å². The number of carboxylic acid groups (broad SMARTS) is 2. The zero-order valence-corrected chi connectivity index (χ0v) is 30.5. The molecule has 18 nitrogen and oxygen atoms in total. The number of carbonyl (C=O) groups excluding carboxylic acids is 4. The lowest BCUT2D eigenvalue weighted by atomic mass is 10.1. The predicted molar refractivity (Wildman–Crippen MR) is 202 cm³/mol. The normalized spacial score (nSPS) is 15.3. The topological polar surface area (TPSA) is 277 Å². The second kappa shape index (κ2) is 18.1. The molecule has 4 amide bonds. The second-order valence-corrected chi connectivity index (χ2v) is 13.8. The van der Waals surface area contributed by atoms with Crippen LogP contribution in [0.15, 0.2) is 72.0 Å². The van der Waals surface area contributed by atoms with Crippen LogP contribution < -0.4 is 27.4 Å². The summed E-state index contributed by atoms with van der Waals surface area (Å²) in [5, 5.41) is 25.5. The summed E-state index contributed by atoms with van der Waals surface area (Å²) in [6, 6.07) is 9.18. The summed E-state index contributed by atoms with van der Waals surface area (Å²) in [7, 11) is 0. The molecule has 3 atom stereocenters.